The molecule has 0 unspecified atom stereocenters. The molecule has 2 heterocycles. The molecule has 4 heteroatoms. The summed E-state index contributed by atoms with van der Waals surface area (Å²) < 4.78 is 0. The van der Waals surface area contributed by atoms with E-state index in [0.717, 1.165) is 27.9 Å². The van der Waals surface area contributed by atoms with E-state index in [2.05, 4.69) is 34.0 Å². The number of fused-ring (bicyclic) bond motifs is 3. The van der Waals surface area contributed by atoms with Gasteiger partial charge in [-0.05, 0) is 6.07 Å². The van der Waals surface area contributed by atoms with E-state index in [1.165, 1.54) is 0 Å². The summed E-state index contributed by atoms with van der Waals surface area (Å²) in [6, 6.07) is 8.04. The lowest BCUT2D eigenvalue weighted by Gasteiger charge is -2.00. The van der Waals surface area contributed by atoms with E-state index in [4.69, 9.17) is 0 Å². The summed E-state index contributed by atoms with van der Waals surface area (Å²) in [6.07, 6.45) is 0. The van der Waals surface area contributed by atoms with Crippen LogP contribution in [0.1, 0.15) is 39.4 Å². The number of benzene rings is 1. The molecule has 1 N–H and O–H groups in total. The summed E-state index contributed by atoms with van der Waals surface area (Å²) in [5.74, 6) is 1.07. The fraction of sp³-hybridized carbons (Fsp3) is 0.357. The van der Waals surface area contributed by atoms with Gasteiger partial charge in [-0.1, -0.05) is 45.9 Å². The highest BCUT2D eigenvalue weighted by Crippen LogP contribution is 2.22. The first-order chi connectivity index (χ1) is 8.75. The van der Waals surface area contributed by atoms with Crippen LogP contribution in [0.2, 0.25) is 0 Å². The number of hydrogen-bond acceptors (Lipinski definition) is 3. The molecule has 0 spiro atoms. The molecule has 0 fully saturated rings. The Kier molecular flexibility index (Phi) is 3.55. The summed E-state index contributed by atoms with van der Waals surface area (Å²) in [7, 11) is 0. The van der Waals surface area contributed by atoms with E-state index < -0.39 is 0 Å². The quantitative estimate of drug-likeness (QED) is 0.708. The highest BCUT2D eigenvalue weighted by atomic mass is 15.2. The van der Waals surface area contributed by atoms with E-state index in [9.17, 15) is 0 Å². The predicted molar refractivity (Wildman–Crippen MR) is 74.6 cm³/mol. The van der Waals surface area contributed by atoms with Gasteiger partial charge in [0.15, 0.2) is 11.5 Å². The molecule has 0 aliphatic rings. The lowest BCUT2D eigenvalue weighted by atomic mass is 10.2. The first-order valence-electron chi connectivity index (χ1n) is 6.37. The maximum Gasteiger partial charge on any atom is 0.161 e. The number of rotatable bonds is 1. The first-order valence-corrected chi connectivity index (χ1v) is 6.37. The number of nitrogens with zero attached hydrogens (tertiary/aromatic N) is 3. The second-order valence-electron chi connectivity index (χ2n) is 4.19. The summed E-state index contributed by atoms with van der Waals surface area (Å²) in [5.41, 5.74) is 2.72. The Morgan fingerprint density at radius 1 is 1.06 bits per heavy atom. The Balaban J connectivity index is 0.000000574. The number of H-pyrrole nitrogens is 1. The zero-order valence-corrected chi connectivity index (χ0v) is 11.2. The minimum Gasteiger partial charge on any atom is -0.338 e. The van der Waals surface area contributed by atoms with Crippen molar-refractivity contribution in [2.75, 3.05) is 0 Å². The van der Waals surface area contributed by atoms with Gasteiger partial charge in [0.05, 0.1) is 0 Å². The molecule has 0 aliphatic heterocycles. The van der Waals surface area contributed by atoms with Crippen LogP contribution in [-0.4, -0.2) is 20.2 Å². The van der Waals surface area contributed by atoms with E-state index in [1.807, 2.05) is 38.1 Å². The lowest BCUT2D eigenvalue weighted by Crippen LogP contribution is -1.99. The lowest BCUT2D eigenvalue weighted by molar-refractivity contribution is 0.750. The second kappa shape index (κ2) is 5.12. The van der Waals surface area contributed by atoms with Crippen molar-refractivity contribution in [2.45, 2.75) is 33.6 Å². The van der Waals surface area contributed by atoms with Crippen LogP contribution in [0.25, 0.3) is 22.1 Å². The van der Waals surface area contributed by atoms with Crippen LogP contribution in [0, 0.1) is 0 Å². The van der Waals surface area contributed by atoms with Gasteiger partial charge in [-0.3, -0.25) is 0 Å². The monoisotopic (exact) mass is 242 g/mol. The van der Waals surface area contributed by atoms with Gasteiger partial charge in [0.25, 0.3) is 0 Å². The molecule has 0 amide bonds. The molecule has 0 radical (unpaired) electrons. The normalized spacial score (nSPS) is 10.7. The van der Waals surface area contributed by atoms with Crippen molar-refractivity contribution in [2.24, 2.45) is 0 Å². The Hall–Kier alpha value is -1.97. The number of hydrogen-bond donors (Lipinski definition) is 1. The molecule has 0 saturated heterocycles. The molecular weight excluding hydrogens is 224 g/mol. The molecule has 94 valence electrons. The van der Waals surface area contributed by atoms with Crippen molar-refractivity contribution >= 4 is 22.1 Å². The van der Waals surface area contributed by atoms with Crippen molar-refractivity contribution in [1.82, 2.24) is 20.2 Å². The zero-order chi connectivity index (χ0) is 13.1. The Labute approximate surface area is 106 Å². The van der Waals surface area contributed by atoms with Gasteiger partial charge in [-0.25, -0.2) is 4.98 Å². The number of aromatic amines is 1. The molecule has 0 saturated carbocycles. The number of aromatic nitrogens is 4. The third-order valence-electron chi connectivity index (χ3n) is 2.65. The number of nitrogens with one attached hydrogen (secondary N) is 1. The Morgan fingerprint density at radius 2 is 1.78 bits per heavy atom. The fourth-order valence-electron chi connectivity index (χ4n) is 1.78. The van der Waals surface area contributed by atoms with Gasteiger partial charge in [-0.2, -0.15) is 0 Å². The van der Waals surface area contributed by atoms with Crippen LogP contribution in [0.4, 0.5) is 0 Å². The van der Waals surface area contributed by atoms with Crippen LogP contribution in [-0.2, 0) is 0 Å². The van der Waals surface area contributed by atoms with Crippen LogP contribution in [0.15, 0.2) is 24.3 Å². The largest absolute Gasteiger partial charge is 0.338 e. The van der Waals surface area contributed by atoms with Crippen molar-refractivity contribution in [1.29, 1.82) is 0 Å². The molecule has 2 aromatic heterocycles. The molecule has 18 heavy (non-hydrogen) atoms. The van der Waals surface area contributed by atoms with Crippen LogP contribution >= 0.6 is 0 Å². The molecule has 0 aliphatic carbocycles. The first kappa shape index (κ1) is 12.5. The average molecular weight is 242 g/mol. The third kappa shape index (κ3) is 2.06. The second-order valence-corrected chi connectivity index (χ2v) is 4.19. The van der Waals surface area contributed by atoms with E-state index in [0.29, 0.717) is 5.92 Å². The highest BCUT2D eigenvalue weighted by molar-refractivity contribution is 6.02. The fourth-order valence-corrected chi connectivity index (χ4v) is 1.78. The molecule has 3 rings (SSSR count). The van der Waals surface area contributed by atoms with Gasteiger partial charge in [0.2, 0.25) is 0 Å². The van der Waals surface area contributed by atoms with Gasteiger partial charge in [0.1, 0.15) is 5.52 Å². The summed E-state index contributed by atoms with van der Waals surface area (Å²) in [5, 5.41) is 9.47. The maximum atomic E-state index is 4.48. The van der Waals surface area contributed by atoms with Crippen molar-refractivity contribution in [3.63, 3.8) is 0 Å². The summed E-state index contributed by atoms with van der Waals surface area (Å²) in [4.78, 5) is 7.74. The molecular formula is C14H18N4. The number of para-hydroxylation sites is 1. The molecule has 1 aromatic carbocycles. The van der Waals surface area contributed by atoms with Gasteiger partial charge >= 0.3 is 0 Å². The Bertz CT molecular complexity index is 655. The van der Waals surface area contributed by atoms with Crippen LogP contribution in [0.5, 0.6) is 0 Å². The molecule has 0 bridgehead atoms. The minimum absolute atomic E-state index is 0.295. The van der Waals surface area contributed by atoms with Crippen molar-refractivity contribution in [3.05, 3.63) is 30.1 Å². The van der Waals surface area contributed by atoms with Crippen LogP contribution in [0.3, 0.4) is 0 Å². The highest BCUT2D eigenvalue weighted by Gasteiger charge is 2.09. The summed E-state index contributed by atoms with van der Waals surface area (Å²) >= 11 is 0. The standard InChI is InChI=1S/C12H12N4.C2H6/c1-7(2)11-14-12-10(15-16-11)8-5-3-4-6-9(8)13-12;1-2/h3-7H,1-2H3,(H,13,14,16);1-2H3. The summed E-state index contributed by atoms with van der Waals surface area (Å²) in [6.45, 7) is 8.12. The van der Waals surface area contributed by atoms with Crippen molar-refractivity contribution in [3.8, 4) is 0 Å². The molecule has 4 nitrogen and oxygen atoms in total. The minimum atomic E-state index is 0.295. The van der Waals surface area contributed by atoms with E-state index >= 15 is 0 Å². The Morgan fingerprint density at radius 3 is 2.50 bits per heavy atom. The SMILES string of the molecule is CC.CC(C)c1nnc2c(n1)[nH]c1ccccc12. The van der Waals surface area contributed by atoms with E-state index in [1.54, 1.807) is 0 Å². The molecule has 0 atom stereocenters. The van der Waals surface area contributed by atoms with Gasteiger partial charge in [-0.15, -0.1) is 10.2 Å². The van der Waals surface area contributed by atoms with E-state index in [-0.39, 0.29) is 0 Å². The topological polar surface area (TPSA) is 54.5 Å². The maximum absolute atomic E-state index is 4.48. The predicted octanol–water partition coefficient (Wildman–Crippen LogP) is 3.66. The molecule has 3 aromatic rings. The smallest absolute Gasteiger partial charge is 0.161 e. The third-order valence-corrected chi connectivity index (χ3v) is 2.65. The van der Waals surface area contributed by atoms with Gasteiger partial charge in [0, 0.05) is 16.8 Å². The zero-order valence-electron chi connectivity index (χ0n) is 11.2. The van der Waals surface area contributed by atoms with Crippen LogP contribution < -0.4 is 0 Å². The average Bonchev–Trinajstić information content (AvgIpc) is 2.78. The van der Waals surface area contributed by atoms with Crippen molar-refractivity contribution < 1.29 is 0 Å². The van der Waals surface area contributed by atoms with Gasteiger partial charge < -0.3 is 4.98 Å².